The topological polar surface area (TPSA) is 94.7 Å². The average Bonchev–Trinajstić information content (AvgIpc) is 3.64. The van der Waals surface area contributed by atoms with Crippen LogP contribution >= 0.6 is 0 Å². The Labute approximate surface area is 242 Å². The quantitative estimate of drug-likeness (QED) is 0.153. The molecule has 0 saturated heterocycles. The summed E-state index contributed by atoms with van der Waals surface area (Å²) in [5, 5.41) is 5.06. The van der Waals surface area contributed by atoms with Gasteiger partial charge in [0.15, 0.2) is 29.3 Å². The summed E-state index contributed by atoms with van der Waals surface area (Å²) in [6, 6.07) is 7.11. The van der Waals surface area contributed by atoms with Crippen molar-refractivity contribution in [1.29, 1.82) is 0 Å². The maximum absolute atomic E-state index is 14.4. The summed E-state index contributed by atoms with van der Waals surface area (Å²) in [4.78, 5) is 17.5. The highest BCUT2D eigenvalue weighted by atomic mass is 19.4. The van der Waals surface area contributed by atoms with Crippen LogP contribution in [0.4, 0.5) is 33.5 Å². The summed E-state index contributed by atoms with van der Waals surface area (Å²) in [5.41, 5.74) is 1.65. The number of esters is 1. The molecule has 5 rings (SSSR count). The molecule has 226 valence electrons. The molecule has 3 heterocycles. The number of carbonyl (C=O) groups excluding carboxylic acids is 1. The highest BCUT2D eigenvalue weighted by molar-refractivity contribution is 5.80. The number of benzene rings is 2. The predicted octanol–water partition coefficient (Wildman–Crippen LogP) is 6.98. The third-order valence-corrected chi connectivity index (χ3v) is 6.42. The summed E-state index contributed by atoms with van der Waals surface area (Å²) in [6.07, 6.45) is 0.585. The number of ether oxygens (including phenoxy) is 2. The third-order valence-electron chi connectivity index (χ3n) is 6.42. The first-order valence-electron chi connectivity index (χ1n) is 13.3. The second-order valence-electron chi connectivity index (χ2n) is 9.49. The van der Waals surface area contributed by atoms with E-state index in [0.29, 0.717) is 18.5 Å². The zero-order valence-corrected chi connectivity index (χ0v) is 23.0. The standard InChI is InChI=1S/C29H26F5N5O4/c1-3-12-41-17-8-9-18(19(14-17)29(32,33)34)21-15-24(43-37-21)26(28(40)42-13-4-2)38-16-35-27-23(38)10-11-39(36-27)22-7-5-6-20(30)25(22)31/h5-11,14-16,26,36H,3-4,12-13H2,1-2H3. The number of hydrogen-bond acceptors (Lipinski definition) is 8. The van der Waals surface area contributed by atoms with Crippen LogP contribution in [0.25, 0.3) is 17.3 Å². The van der Waals surface area contributed by atoms with E-state index in [4.69, 9.17) is 14.0 Å². The average molecular weight is 604 g/mol. The first-order valence-corrected chi connectivity index (χ1v) is 13.3. The number of aromatic nitrogens is 3. The van der Waals surface area contributed by atoms with E-state index in [1.165, 1.54) is 58.5 Å². The van der Waals surface area contributed by atoms with Crippen molar-refractivity contribution < 1.29 is 40.7 Å². The molecular weight excluding hydrogens is 577 g/mol. The van der Waals surface area contributed by atoms with Gasteiger partial charge in [0, 0.05) is 17.8 Å². The van der Waals surface area contributed by atoms with Crippen molar-refractivity contribution in [2.75, 3.05) is 23.6 Å². The van der Waals surface area contributed by atoms with E-state index >= 15 is 0 Å². The molecule has 14 heteroatoms. The zero-order valence-electron chi connectivity index (χ0n) is 23.0. The molecular formula is C29H26F5N5O4. The maximum Gasteiger partial charge on any atom is 0.417 e. The van der Waals surface area contributed by atoms with Crippen molar-refractivity contribution in [3.8, 4) is 17.0 Å². The molecule has 0 fully saturated rings. The number of carbonyl (C=O) groups is 1. The van der Waals surface area contributed by atoms with Gasteiger partial charge in [0.1, 0.15) is 17.1 Å². The molecule has 0 amide bonds. The molecule has 1 aliphatic rings. The van der Waals surface area contributed by atoms with Gasteiger partial charge in [-0.3, -0.25) is 10.4 Å². The number of rotatable bonds is 10. The van der Waals surface area contributed by atoms with Crippen molar-refractivity contribution in [3.05, 3.63) is 83.6 Å². The van der Waals surface area contributed by atoms with Gasteiger partial charge in [-0.15, -0.1) is 0 Å². The summed E-state index contributed by atoms with van der Waals surface area (Å²) in [7, 11) is 0. The van der Waals surface area contributed by atoms with Crippen molar-refractivity contribution in [2.45, 2.75) is 38.9 Å². The van der Waals surface area contributed by atoms with Crippen LogP contribution in [-0.4, -0.2) is 33.9 Å². The molecule has 1 unspecified atom stereocenters. The van der Waals surface area contributed by atoms with Gasteiger partial charge in [0.05, 0.1) is 30.8 Å². The Kier molecular flexibility index (Phi) is 8.37. The number of fused-ring (bicyclic) bond motifs is 1. The van der Waals surface area contributed by atoms with Crippen molar-refractivity contribution >= 4 is 23.6 Å². The molecule has 0 aliphatic carbocycles. The summed E-state index contributed by atoms with van der Waals surface area (Å²) in [6.45, 7) is 3.96. The molecule has 9 nitrogen and oxygen atoms in total. The molecule has 1 N–H and O–H groups in total. The fourth-order valence-corrected chi connectivity index (χ4v) is 4.43. The molecule has 1 aliphatic heterocycles. The number of hydrazine groups is 1. The van der Waals surface area contributed by atoms with Crippen LogP contribution < -0.4 is 15.2 Å². The number of nitrogens with one attached hydrogen (secondary N) is 1. The zero-order chi connectivity index (χ0) is 30.7. The number of nitrogens with zero attached hydrogens (tertiary/aromatic N) is 4. The lowest BCUT2D eigenvalue weighted by molar-refractivity contribution is -0.147. The van der Waals surface area contributed by atoms with E-state index in [0.717, 1.165) is 12.1 Å². The van der Waals surface area contributed by atoms with Gasteiger partial charge < -0.3 is 18.6 Å². The summed E-state index contributed by atoms with van der Waals surface area (Å²) >= 11 is 0. The molecule has 4 aromatic rings. The molecule has 2 aromatic carbocycles. The van der Waals surface area contributed by atoms with Crippen LogP contribution in [0.3, 0.4) is 0 Å². The normalized spacial score (nSPS) is 13.4. The predicted molar refractivity (Wildman–Crippen MR) is 146 cm³/mol. The van der Waals surface area contributed by atoms with Crippen molar-refractivity contribution in [2.24, 2.45) is 0 Å². The van der Waals surface area contributed by atoms with E-state index in [-0.39, 0.29) is 47.5 Å². The second-order valence-corrected chi connectivity index (χ2v) is 9.49. The summed E-state index contributed by atoms with van der Waals surface area (Å²) in [5.74, 6) is -2.76. The first kappa shape index (κ1) is 29.6. The van der Waals surface area contributed by atoms with Crippen LogP contribution in [0.1, 0.15) is 49.7 Å². The summed E-state index contributed by atoms with van der Waals surface area (Å²) < 4.78 is 87.8. The molecule has 1 atom stereocenters. The van der Waals surface area contributed by atoms with Crippen LogP contribution in [0.2, 0.25) is 0 Å². The van der Waals surface area contributed by atoms with Gasteiger partial charge >= 0.3 is 12.1 Å². The lowest BCUT2D eigenvalue weighted by Gasteiger charge is -2.26. The number of halogens is 5. The van der Waals surface area contributed by atoms with Crippen molar-refractivity contribution in [1.82, 2.24) is 14.7 Å². The van der Waals surface area contributed by atoms with E-state index in [9.17, 15) is 26.7 Å². The maximum atomic E-state index is 14.4. The third kappa shape index (κ3) is 6.03. The van der Waals surface area contributed by atoms with Gasteiger partial charge in [-0.25, -0.2) is 18.6 Å². The Bertz CT molecular complexity index is 1650. The van der Waals surface area contributed by atoms with E-state index in [1.54, 1.807) is 6.92 Å². The van der Waals surface area contributed by atoms with Crippen LogP contribution in [0, 0.1) is 11.6 Å². The molecule has 0 bridgehead atoms. The van der Waals surface area contributed by atoms with Crippen molar-refractivity contribution in [3.63, 3.8) is 0 Å². The Morgan fingerprint density at radius 1 is 1.09 bits per heavy atom. The SMILES string of the molecule is CCCOC(=O)C(c1cc(-c2ccc(OCCC)cc2C(F)(F)F)no1)n1cnc2c1C=CN(c1cccc(F)c1F)N2. The molecule has 0 spiro atoms. The van der Waals surface area contributed by atoms with E-state index in [2.05, 4.69) is 15.6 Å². The number of alkyl halides is 3. The Morgan fingerprint density at radius 2 is 1.88 bits per heavy atom. The van der Waals surface area contributed by atoms with Crippen LogP contribution in [-0.2, 0) is 15.7 Å². The number of imidazole rings is 1. The minimum absolute atomic E-state index is 0.0548. The van der Waals surface area contributed by atoms with Gasteiger partial charge in [-0.1, -0.05) is 25.1 Å². The highest BCUT2D eigenvalue weighted by Crippen LogP contribution is 2.40. The van der Waals surface area contributed by atoms with Gasteiger partial charge in [0.2, 0.25) is 0 Å². The van der Waals surface area contributed by atoms with Gasteiger partial charge in [0.25, 0.3) is 0 Å². The highest BCUT2D eigenvalue weighted by Gasteiger charge is 2.37. The molecule has 2 aromatic heterocycles. The smallest absolute Gasteiger partial charge is 0.417 e. The van der Waals surface area contributed by atoms with Crippen LogP contribution in [0.5, 0.6) is 5.75 Å². The van der Waals surface area contributed by atoms with Gasteiger partial charge in [-0.2, -0.15) is 13.2 Å². The fraction of sp³-hybridized carbons (Fsp3) is 0.276. The Balaban J connectivity index is 1.51. The fourth-order valence-electron chi connectivity index (χ4n) is 4.43. The van der Waals surface area contributed by atoms with E-state index in [1.807, 2.05) is 6.92 Å². The van der Waals surface area contributed by atoms with E-state index < -0.39 is 35.4 Å². The molecule has 43 heavy (non-hydrogen) atoms. The monoisotopic (exact) mass is 603 g/mol. The largest absolute Gasteiger partial charge is 0.494 e. The van der Waals surface area contributed by atoms with Crippen LogP contribution in [0.15, 0.2) is 59.5 Å². The Hall–Kier alpha value is -4.88. The minimum atomic E-state index is -4.73. The number of anilines is 2. The lowest BCUT2D eigenvalue weighted by Crippen LogP contribution is -2.29. The Morgan fingerprint density at radius 3 is 2.63 bits per heavy atom. The number of hydrogen-bond donors (Lipinski definition) is 1. The minimum Gasteiger partial charge on any atom is -0.494 e. The van der Waals surface area contributed by atoms with Gasteiger partial charge in [-0.05, 0) is 49.2 Å². The molecule has 0 radical (unpaired) electrons. The lowest BCUT2D eigenvalue weighted by atomic mass is 10.0. The second kappa shape index (κ2) is 12.2. The first-order chi connectivity index (χ1) is 20.6. The molecule has 0 saturated carbocycles.